The Balaban J connectivity index is 2.44. The molecule has 0 spiro atoms. The van der Waals surface area contributed by atoms with E-state index in [-0.39, 0.29) is 22.6 Å². The van der Waals surface area contributed by atoms with Crippen LogP contribution in [0.5, 0.6) is 5.75 Å². The number of benzene rings is 2. The fourth-order valence-corrected chi connectivity index (χ4v) is 2.09. The molecule has 120 valence electrons. The van der Waals surface area contributed by atoms with Crippen LogP contribution in [0.3, 0.4) is 0 Å². The van der Waals surface area contributed by atoms with Crippen molar-refractivity contribution in [1.82, 2.24) is 0 Å². The van der Waals surface area contributed by atoms with Gasteiger partial charge in [-0.1, -0.05) is 6.07 Å². The molecule has 0 atom stereocenters. The van der Waals surface area contributed by atoms with E-state index in [2.05, 4.69) is 0 Å². The Labute approximate surface area is 137 Å². The molecule has 0 saturated heterocycles. The van der Waals surface area contributed by atoms with E-state index < -0.39 is 10.9 Å². The number of nitriles is 1. The highest BCUT2D eigenvalue weighted by atomic mass is 16.6. The van der Waals surface area contributed by atoms with Crippen LogP contribution in [0.2, 0.25) is 0 Å². The lowest BCUT2D eigenvalue weighted by molar-refractivity contribution is -0.384. The normalized spacial score (nSPS) is 10.8. The number of methoxy groups -OCH3 is 1. The maximum Gasteiger partial charge on any atom is 0.339 e. The predicted octanol–water partition coefficient (Wildman–Crippen LogP) is 3.37. The van der Waals surface area contributed by atoms with E-state index in [1.807, 2.05) is 6.07 Å². The van der Waals surface area contributed by atoms with Gasteiger partial charge in [0.2, 0.25) is 0 Å². The molecular formula is C17H12N2O5. The van der Waals surface area contributed by atoms with E-state index in [1.54, 1.807) is 6.07 Å². The Morgan fingerprint density at radius 1 is 1.29 bits per heavy atom. The molecule has 2 aromatic carbocycles. The second-order valence-electron chi connectivity index (χ2n) is 4.74. The van der Waals surface area contributed by atoms with Crippen LogP contribution >= 0.6 is 0 Å². The van der Waals surface area contributed by atoms with Gasteiger partial charge in [-0.2, -0.15) is 5.26 Å². The third-order valence-electron chi connectivity index (χ3n) is 3.27. The molecule has 7 heteroatoms. The van der Waals surface area contributed by atoms with Crippen LogP contribution in [-0.2, 0) is 0 Å². The minimum absolute atomic E-state index is 0.0211. The molecule has 1 N–H and O–H groups in total. The highest BCUT2D eigenvalue weighted by Crippen LogP contribution is 2.24. The van der Waals surface area contributed by atoms with Crippen molar-refractivity contribution in [3.8, 4) is 11.8 Å². The number of carboxylic acids is 1. The Morgan fingerprint density at radius 2 is 1.96 bits per heavy atom. The summed E-state index contributed by atoms with van der Waals surface area (Å²) in [5, 5.41) is 29.2. The van der Waals surface area contributed by atoms with Crippen molar-refractivity contribution in [3.63, 3.8) is 0 Å². The van der Waals surface area contributed by atoms with Gasteiger partial charge in [0.15, 0.2) is 0 Å². The molecular weight excluding hydrogens is 312 g/mol. The molecule has 0 aliphatic rings. The highest BCUT2D eigenvalue weighted by molar-refractivity contribution is 5.94. The largest absolute Gasteiger partial charge is 0.496 e. The lowest BCUT2D eigenvalue weighted by atomic mass is 10.0. The van der Waals surface area contributed by atoms with Gasteiger partial charge in [0.25, 0.3) is 5.69 Å². The van der Waals surface area contributed by atoms with Gasteiger partial charge >= 0.3 is 5.97 Å². The first kappa shape index (κ1) is 16.7. The van der Waals surface area contributed by atoms with Crippen LogP contribution in [0.4, 0.5) is 5.69 Å². The highest BCUT2D eigenvalue weighted by Gasteiger charge is 2.12. The molecule has 0 heterocycles. The zero-order chi connectivity index (χ0) is 17.7. The molecule has 0 amide bonds. The van der Waals surface area contributed by atoms with Gasteiger partial charge in [0.05, 0.1) is 23.7 Å². The molecule has 24 heavy (non-hydrogen) atoms. The van der Waals surface area contributed by atoms with Crippen LogP contribution in [0, 0.1) is 21.4 Å². The van der Waals surface area contributed by atoms with Gasteiger partial charge in [0.1, 0.15) is 11.3 Å². The van der Waals surface area contributed by atoms with Crippen molar-refractivity contribution in [2.75, 3.05) is 7.11 Å². The summed E-state index contributed by atoms with van der Waals surface area (Å²) in [6.07, 6.45) is 1.51. The molecule has 0 aliphatic heterocycles. The number of nitrogens with zero attached hydrogens (tertiary/aromatic N) is 2. The van der Waals surface area contributed by atoms with Gasteiger partial charge in [-0.15, -0.1) is 0 Å². The topological polar surface area (TPSA) is 113 Å². The number of carbonyl (C=O) groups is 1. The first-order chi connectivity index (χ1) is 11.5. The molecule has 7 nitrogen and oxygen atoms in total. The van der Waals surface area contributed by atoms with E-state index in [9.17, 15) is 25.3 Å². The summed E-state index contributed by atoms with van der Waals surface area (Å²) >= 11 is 0. The summed E-state index contributed by atoms with van der Waals surface area (Å²) < 4.78 is 4.98. The molecule has 0 fully saturated rings. The Bertz CT molecular complexity index is 864. The number of ether oxygens (including phenoxy) is 1. The van der Waals surface area contributed by atoms with Crippen molar-refractivity contribution < 1.29 is 19.6 Å². The molecule has 0 unspecified atom stereocenters. The molecule has 0 bridgehead atoms. The Hall–Kier alpha value is -3.66. The van der Waals surface area contributed by atoms with E-state index in [1.165, 1.54) is 49.6 Å². The van der Waals surface area contributed by atoms with Gasteiger partial charge in [0, 0.05) is 12.1 Å². The van der Waals surface area contributed by atoms with Gasteiger partial charge in [-0.25, -0.2) is 4.79 Å². The fourth-order valence-electron chi connectivity index (χ4n) is 2.09. The number of hydrogen-bond donors (Lipinski definition) is 1. The number of non-ortho nitro benzene ring substituents is 1. The summed E-state index contributed by atoms with van der Waals surface area (Å²) in [7, 11) is 1.37. The second-order valence-corrected chi connectivity index (χ2v) is 4.74. The number of hydrogen-bond acceptors (Lipinski definition) is 5. The quantitative estimate of drug-likeness (QED) is 0.390. The molecule has 0 radical (unpaired) electrons. The maximum absolute atomic E-state index is 11.2. The summed E-state index contributed by atoms with van der Waals surface area (Å²) in [5.74, 6) is -0.926. The summed E-state index contributed by atoms with van der Waals surface area (Å²) in [6, 6.07) is 12.1. The van der Waals surface area contributed by atoms with Gasteiger partial charge < -0.3 is 9.84 Å². The summed E-state index contributed by atoms with van der Waals surface area (Å²) in [4.78, 5) is 21.4. The van der Waals surface area contributed by atoms with E-state index in [0.29, 0.717) is 11.1 Å². The SMILES string of the molecule is COc1ccc(/C=C(/C#N)c2ccc([N+](=O)[O-])cc2)cc1C(=O)O. The maximum atomic E-state index is 11.2. The summed E-state index contributed by atoms with van der Waals surface area (Å²) in [6.45, 7) is 0. The summed E-state index contributed by atoms with van der Waals surface area (Å²) in [5.41, 5.74) is 1.16. The fraction of sp³-hybridized carbons (Fsp3) is 0.0588. The van der Waals surface area contributed by atoms with Crippen molar-refractivity contribution in [2.45, 2.75) is 0 Å². The number of carboxylic acid groups (broad SMARTS) is 1. The standard InChI is InChI=1S/C17H12N2O5/c1-24-16-7-2-11(9-15(16)17(20)21)8-13(10-18)12-3-5-14(6-4-12)19(22)23/h2-9H,1H3,(H,20,21)/b13-8-. The van der Waals surface area contributed by atoms with Crippen molar-refractivity contribution in [1.29, 1.82) is 5.26 Å². The third-order valence-corrected chi connectivity index (χ3v) is 3.27. The molecule has 0 aromatic heterocycles. The van der Waals surface area contributed by atoms with E-state index in [0.717, 1.165) is 0 Å². The lowest BCUT2D eigenvalue weighted by Gasteiger charge is -2.06. The number of nitro groups is 1. The smallest absolute Gasteiger partial charge is 0.339 e. The number of allylic oxidation sites excluding steroid dienone is 1. The molecule has 2 rings (SSSR count). The first-order valence-corrected chi connectivity index (χ1v) is 6.74. The minimum Gasteiger partial charge on any atom is -0.496 e. The minimum atomic E-state index is -1.14. The zero-order valence-corrected chi connectivity index (χ0v) is 12.6. The van der Waals surface area contributed by atoms with Crippen LogP contribution in [0.25, 0.3) is 11.6 Å². The van der Waals surface area contributed by atoms with Gasteiger partial charge in [-0.05, 0) is 41.5 Å². The Kier molecular flexibility index (Phi) is 4.92. The number of aromatic carboxylic acids is 1. The Morgan fingerprint density at radius 3 is 2.46 bits per heavy atom. The third kappa shape index (κ3) is 3.56. The average Bonchev–Trinajstić information content (AvgIpc) is 2.59. The van der Waals surface area contributed by atoms with Crippen molar-refractivity contribution >= 4 is 23.3 Å². The van der Waals surface area contributed by atoms with E-state index >= 15 is 0 Å². The molecule has 0 aliphatic carbocycles. The average molecular weight is 324 g/mol. The van der Waals surface area contributed by atoms with E-state index in [4.69, 9.17) is 4.74 Å². The predicted molar refractivity (Wildman–Crippen MR) is 86.5 cm³/mol. The number of rotatable bonds is 5. The molecule has 2 aromatic rings. The van der Waals surface area contributed by atoms with Crippen LogP contribution < -0.4 is 4.74 Å². The second kappa shape index (κ2) is 7.07. The van der Waals surface area contributed by atoms with Crippen LogP contribution in [0.1, 0.15) is 21.5 Å². The van der Waals surface area contributed by atoms with Crippen LogP contribution in [-0.4, -0.2) is 23.1 Å². The number of nitro benzene ring substituents is 1. The lowest BCUT2D eigenvalue weighted by Crippen LogP contribution is -2.00. The van der Waals surface area contributed by atoms with Crippen molar-refractivity contribution in [2.24, 2.45) is 0 Å². The first-order valence-electron chi connectivity index (χ1n) is 6.74. The zero-order valence-electron chi connectivity index (χ0n) is 12.6. The van der Waals surface area contributed by atoms with Gasteiger partial charge in [-0.3, -0.25) is 10.1 Å². The monoisotopic (exact) mass is 324 g/mol. The van der Waals surface area contributed by atoms with Crippen LogP contribution in [0.15, 0.2) is 42.5 Å². The molecule has 0 saturated carbocycles. The van der Waals surface area contributed by atoms with Crippen molar-refractivity contribution in [3.05, 3.63) is 69.3 Å².